The van der Waals surface area contributed by atoms with E-state index in [1.807, 2.05) is 31.2 Å². The monoisotopic (exact) mass is 287 g/mol. The minimum absolute atomic E-state index is 0.234. The molecule has 0 saturated carbocycles. The Kier molecular flexibility index (Phi) is 5.42. The van der Waals surface area contributed by atoms with Crippen molar-refractivity contribution >= 4 is 0 Å². The van der Waals surface area contributed by atoms with Gasteiger partial charge in [0.1, 0.15) is 5.82 Å². The van der Waals surface area contributed by atoms with E-state index >= 15 is 0 Å². The molecule has 0 fully saturated rings. The Labute approximate surface area is 125 Å². The number of rotatable bonds is 6. The molecule has 0 amide bonds. The van der Waals surface area contributed by atoms with Gasteiger partial charge < -0.3 is 5.73 Å². The summed E-state index contributed by atoms with van der Waals surface area (Å²) in [6.07, 6.45) is 0. The molecule has 0 radical (unpaired) electrons. The van der Waals surface area contributed by atoms with Crippen LogP contribution in [0.2, 0.25) is 0 Å². The average Bonchev–Trinajstić information content (AvgIpc) is 2.48. The Morgan fingerprint density at radius 2 is 1.95 bits per heavy atom. The van der Waals surface area contributed by atoms with Crippen molar-refractivity contribution in [1.29, 1.82) is 0 Å². The molecule has 1 aromatic carbocycles. The fraction of sp³-hybridized carbons (Fsp3) is 0.353. The third-order valence-corrected chi connectivity index (χ3v) is 3.56. The smallest absolute Gasteiger partial charge is 0.123 e. The van der Waals surface area contributed by atoms with E-state index in [1.165, 1.54) is 12.1 Å². The van der Waals surface area contributed by atoms with Crippen molar-refractivity contribution < 1.29 is 4.39 Å². The number of halogens is 1. The third kappa shape index (κ3) is 4.34. The predicted molar refractivity (Wildman–Crippen MR) is 83.1 cm³/mol. The number of nitrogens with zero attached hydrogens (tertiary/aromatic N) is 2. The molecule has 0 unspecified atom stereocenters. The van der Waals surface area contributed by atoms with Gasteiger partial charge >= 0.3 is 0 Å². The van der Waals surface area contributed by atoms with Gasteiger partial charge in [-0.1, -0.05) is 19.1 Å². The van der Waals surface area contributed by atoms with Gasteiger partial charge in [0.25, 0.3) is 0 Å². The first-order valence-corrected chi connectivity index (χ1v) is 7.24. The van der Waals surface area contributed by atoms with E-state index < -0.39 is 0 Å². The van der Waals surface area contributed by atoms with Gasteiger partial charge in [0.15, 0.2) is 0 Å². The van der Waals surface area contributed by atoms with Crippen LogP contribution in [0.15, 0.2) is 36.4 Å². The Hall–Kier alpha value is -1.78. The molecule has 3 nitrogen and oxygen atoms in total. The zero-order chi connectivity index (χ0) is 15.2. The Balaban J connectivity index is 2.12. The molecule has 2 N–H and O–H groups in total. The first-order chi connectivity index (χ1) is 10.1. The van der Waals surface area contributed by atoms with E-state index in [0.29, 0.717) is 6.54 Å². The van der Waals surface area contributed by atoms with Crippen LogP contribution in [0.25, 0.3) is 0 Å². The highest BCUT2D eigenvalue weighted by molar-refractivity contribution is 5.27. The molecule has 4 heteroatoms. The number of aryl methyl sites for hydroxylation is 1. The summed E-state index contributed by atoms with van der Waals surface area (Å²) in [6.45, 7) is 6.89. The second kappa shape index (κ2) is 7.29. The number of hydrogen-bond donors (Lipinski definition) is 1. The van der Waals surface area contributed by atoms with E-state index in [9.17, 15) is 4.39 Å². The molecule has 1 aromatic heterocycles. The number of aromatic nitrogens is 1. The van der Waals surface area contributed by atoms with Crippen molar-refractivity contribution in [3.63, 3.8) is 0 Å². The lowest BCUT2D eigenvalue weighted by atomic mass is 10.1. The second-order valence-corrected chi connectivity index (χ2v) is 5.19. The van der Waals surface area contributed by atoms with Gasteiger partial charge in [-0.25, -0.2) is 4.39 Å². The standard InChI is InChI=1S/C17H22FN3/c1-3-21(12-17-6-4-5-13(2)20-17)11-14-7-8-16(18)9-15(14)10-19/h4-9H,3,10-12,19H2,1-2H3. The fourth-order valence-corrected chi connectivity index (χ4v) is 2.38. The molecule has 0 aliphatic carbocycles. The van der Waals surface area contributed by atoms with Gasteiger partial charge in [0, 0.05) is 25.3 Å². The van der Waals surface area contributed by atoms with Crippen LogP contribution in [0.3, 0.4) is 0 Å². The van der Waals surface area contributed by atoms with Gasteiger partial charge in [0.2, 0.25) is 0 Å². The van der Waals surface area contributed by atoms with E-state index in [4.69, 9.17) is 5.73 Å². The first-order valence-electron chi connectivity index (χ1n) is 7.24. The van der Waals surface area contributed by atoms with Gasteiger partial charge in [-0.05, 0) is 48.9 Å². The minimum atomic E-state index is -0.234. The fourth-order valence-electron chi connectivity index (χ4n) is 2.38. The second-order valence-electron chi connectivity index (χ2n) is 5.19. The summed E-state index contributed by atoms with van der Waals surface area (Å²) in [4.78, 5) is 6.80. The van der Waals surface area contributed by atoms with Crippen LogP contribution in [0.5, 0.6) is 0 Å². The third-order valence-electron chi connectivity index (χ3n) is 3.56. The van der Waals surface area contributed by atoms with Crippen molar-refractivity contribution in [3.8, 4) is 0 Å². The van der Waals surface area contributed by atoms with Gasteiger partial charge in [-0.2, -0.15) is 0 Å². The zero-order valence-corrected chi connectivity index (χ0v) is 12.6. The van der Waals surface area contributed by atoms with Crippen LogP contribution in [0, 0.1) is 12.7 Å². The van der Waals surface area contributed by atoms with Crippen molar-refractivity contribution in [2.45, 2.75) is 33.5 Å². The summed E-state index contributed by atoms with van der Waals surface area (Å²) in [5.74, 6) is -0.234. The van der Waals surface area contributed by atoms with Crippen LogP contribution >= 0.6 is 0 Å². The Morgan fingerprint density at radius 3 is 2.62 bits per heavy atom. The van der Waals surface area contributed by atoms with Crippen molar-refractivity contribution in [2.24, 2.45) is 5.73 Å². The quantitative estimate of drug-likeness (QED) is 0.888. The normalized spacial score (nSPS) is 11.1. The van der Waals surface area contributed by atoms with Crippen molar-refractivity contribution in [1.82, 2.24) is 9.88 Å². The topological polar surface area (TPSA) is 42.2 Å². The predicted octanol–water partition coefficient (Wildman–Crippen LogP) is 3.01. The zero-order valence-electron chi connectivity index (χ0n) is 12.6. The molecule has 21 heavy (non-hydrogen) atoms. The molecular weight excluding hydrogens is 265 g/mol. The SMILES string of the molecule is CCN(Cc1cccc(C)n1)Cc1ccc(F)cc1CN. The highest BCUT2D eigenvalue weighted by atomic mass is 19.1. The molecule has 112 valence electrons. The summed E-state index contributed by atoms with van der Waals surface area (Å²) >= 11 is 0. The van der Waals surface area contributed by atoms with Crippen LogP contribution in [0.1, 0.15) is 29.4 Å². The van der Waals surface area contributed by atoms with E-state index in [2.05, 4.69) is 16.8 Å². The van der Waals surface area contributed by atoms with E-state index in [1.54, 1.807) is 0 Å². The lowest BCUT2D eigenvalue weighted by Gasteiger charge is -2.21. The molecule has 2 aromatic rings. The van der Waals surface area contributed by atoms with Gasteiger partial charge in [-0.3, -0.25) is 9.88 Å². The minimum Gasteiger partial charge on any atom is -0.326 e. The summed E-state index contributed by atoms with van der Waals surface area (Å²) in [7, 11) is 0. The van der Waals surface area contributed by atoms with Crippen LogP contribution in [-0.4, -0.2) is 16.4 Å². The average molecular weight is 287 g/mol. The van der Waals surface area contributed by atoms with Crippen LogP contribution in [0.4, 0.5) is 4.39 Å². The molecule has 2 rings (SSSR count). The largest absolute Gasteiger partial charge is 0.326 e. The summed E-state index contributed by atoms with van der Waals surface area (Å²) in [5.41, 5.74) is 9.73. The maximum atomic E-state index is 13.3. The lowest BCUT2D eigenvalue weighted by molar-refractivity contribution is 0.267. The van der Waals surface area contributed by atoms with Crippen LogP contribution in [-0.2, 0) is 19.6 Å². The summed E-state index contributed by atoms with van der Waals surface area (Å²) in [6, 6.07) is 10.9. The molecule has 0 spiro atoms. The lowest BCUT2D eigenvalue weighted by Crippen LogP contribution is -2.24. The molecule has 0 atom stereocenters. The summed E-state index contributed by atoms with van der Waals surface area (Å²) in [5, 5.41) is 0. The van der Waals surface area contributed by atoms with Crippen molar-refractivity contribution in [2.75, 3.05) is 6.54 Å². The number of nitrogens with two attached hydrogens (primary N) is 1. The molecule has 0 bridgehead atoms. The maximum absolute atomic E-state index is 13.3. The van der Waals surface area contributed by atoms with Crippen LogP contribution < -0.4 is 5.73 Å². The maximum Gasteiger partial charge on any atom is 0.123 e. The number of hydrogen-bond acceptors (Lipinski definition) is 3. The van der Waals surface area contributed by atoms with Gasteiger partial charge in [0.05, 0.1) is 5.69 Å². The number of pyridine rings is 1. The highest BCUT2D eigenvalue weighted by Crippen LogP contribution is 2.15. The van der Waals surface area contributed by atoms with Crippen molar-refractivity contribution in [3.05, 3.63) is 64.7 Å². The molecule has 0 aliphatic heterocycles. The Bertz CT molecular complexity index is 598. The summed E-state index contributed by atoms with van der Waals surface area (Å²) < 4.78 is 13.3. The highest BCUT2D eigenvalue weighted by Gasteiger charge is 2.09. The molecule has 0 aliphatic rings. The molecule has 1 heterocycles. The van der Waals surface area contributed by atoms with Gasteiger partial charge in [-0.15, -0.1) is 0 Å². The van der Waals surface area contributed by atoms with E-state index in [0.717, 1.165) is 42.1 Å². The first kappa shape index (κ1) is 15.6. The van der Waals surface area contributed by atoms with E-state index in [-0.39, 0.29) is 5.82 Å². The Morgan fingerprint density at radius 1 is 1.14 bits per heavy atom. The molecular formula is C17H22FN3. The molecule has 0 saturated heterocycles. The number of benzene rings is 1.